The zero-order chi connectivity index (χ0) is 26.3. The summed E-state index contributed by atoms with van der Waals surface area (Å²) in [6.07, 6.45) is 1.18. The van der Waals surface area contributed by atoms with Gasteiger partial charge in [-0.15, -0.1) is 10.2 Å². The number of hydrogen-bond acceptors (Lipinski definition) is 6. The standard InChI is InChI=1S/C29H33N7O/c1-18(2)26-24-15-16-25(37)35(28(24)31-19(3)30-26)17-20-11-13-21(14-12-20)22-9-7-8-10-23(22)27-32-34-36(33-27)29(4,5)6/h7-14,18H,15-17H2,1-6H3. The molecule has 0 atom stereocenters. The van der Waals surface area contributed by atoms with Crippen molar-refractivity contribution in [2.45, 2.75) is 72.4 Å². The van der Waals surface area contributed by atoms with Crippen LogP contribution in [0, 0.1) is 6.92 Å². The molecule has 0 spiro atoms. The fourth-order valence-corrected chi connectivity index (χ4v) is 4.70. The molecule has 8 nitrogen and oxygen atoms in total. The summed E-state index contributed by atoms with van der Waals surface area (Å²) >= 11 is 0. The van der Waals surface area contributed by atoms with Crippen LogP contribution < -0.4 is 4.90 Å². The highest BCUT2D eigenvalue weighted by Gasteiger charge is 2.29. The third-order valence-corrected chi connectivity index (χ3v) is 6.61. The van der Waals surface area contributed by atoms with Crippen molar-refractivity contribution in [3.8, 4) is 22.5 Å². The average Bonchev–Trinajstić information content (AvgIpc) is 3.37. The Balaban J connectivity index is 1.44. The number of aryl methyl sites for hydroxylation is 1. The molecule has 0 N–H and O–H groups in total. The lowest BCUT2D eigenvalue weighted by molar-refractivity contribution is -0.119. The molecule has 0 bridgehead atoms. The number of fused-ring (bicyclic) bond motifs is 1. The molecule has 37 heavy (non-hydrogen) atoms. The summed E-state index contributed by atoms with van der Waals surface area (Å²) in [5, 5.41) is 13.2. The monoisotopic (exact) mass is 495 g/mol. The minimum Gasteiger partial charge on any atom is -0.292 e. The number of amides is 1. The van der Waals surface area contributed by atoms with Gasteiger partial charge >= 0.3 is 0 Å². The lowest BCUT2D eigenvalue weighted by Crippen LogP contribution is -2.36. The van der Waals surface area contributed by atoms with Crippen molar-refractivity contribution in [3.05, 3.63) is 71.2 Å². The molecule has 1 aliphatic heterocycles. The Morgan fingerprint density at radius 1 is 0.946 bits per heavy atom. The molecule has 0 unspecified atom stereocenters. The second-order valence-corrected chi connectivity index (χ2v) is 10.9. The average molecular weight is 496 g/mol. The topological polar surface area (TPSA) is 89.7 Å². The fraction of sp³-hybridized carbons (Fsp3) is 0.379. The van der Waals surface area contributed by atoms with Gasteiger partial charge in [0.25, 0.3) is 0 Å². The first-order valence-electron chi connectivity index (χ1n) is 12.8. The van der Waals surface area contributed by atoms with Crippen LogP contribution in [0.1, 0.15) is 69.6 Å². The molecule has 1 aliphatic rings. The van der Waals surface area contributed by atoms with E-state index in [0.29, 0.717) is 31.0 Å². The van der Waals surface area contributed by atoms with E-state index in [9.17, 15) is 4.79 Å². The predicted molar refractivity (Wildman–Crippen MR) is 144 cm³/mol. The molecule has 4 aromatic rings. The summed E-state index contributed by atoms with van der Waals surface area (Å²) in [6.45, 7) is 12.8. The number of nitrogens with zero attached hydrogens (tertiary/aromatic N) is 7. The van der Waals surface area contributed by atoms with E-state index < -0.39 is 0 Å². The molecule has 3 heterocycles. The van der Waals surface area contributed by atoms with Crippen molar-refractivity contribution < 1.29 is 4.79 Å². The maximum atomic E-state index is 13.0. The Hall–Kier alpha value is -3.94. The van der Waals surface area contributed by atoms with Crippen LogP contribution in [0.5, 0.6) is 0 Å². The zero-order valence-corrected chi connectivity index (χ0v) is 22.4. The third kappa shape index (κ3) is 4.88. The van der Waals surface area contributed by atoms with Gasteiger partial charge < -0.3 is 0 Å². The van der Waals surface area contributed by atoms with Crippen LogP contribution in [-0.4, -0.2) is 36.1 Å². The van der Waals surface area contributed by atoms with E-state index in [2.05, 4.69) is 69.6 Å². The summed E-state index contributed by atoms with van der Waals surface area (Å²) in [6, 6.07) is 16.4. The Bertz CT molecular complexity index is 1450. The number of hydrogen-bond donors (Lipinski definition) is 0. The Kier molecular flexibility index (Phi) is 6.35. The summed E-state index contributed by atoms with van der Waals surface area (Å²) in [4.78, 5) is 25.8. The highest BCUT2D eigenvalue weighted by molar-refractivity contribution is 5.95. The molecule has 190 valence electrons. The van der Waals surface area contributed by atoms with Gasteiger partial charge in [-0.3, -0.25) is 9.69 Å². The van der Waals surface area contributed by atoms with E-state index in [1.54, 1.807) is 4.80 Å². The van der Waals surface area contributed by atoms with Crippen LogP contribution in [-0.2, 0) is 23.3 Å². The first-order valence-corrected chi connectivity index (χ1v) is 12.8. The number of carbonyl (C=O) groups is 1. The third-order valence-electron chi connectivity index (χ3n) is 6.61. The predicted octanol–water partition coefficient (Wildman–Crippen LogP) is 5.46. The fourth-order valence-electron chi connectivity index (χ4n) is 4.70. The number of tetrazole rings is 1. The molecular formula is C29H33N7O. The largest absolute Gasteiger partial charge is 0.292 e. The highest BCUT2D eigenvalue weighted by Crippen LogP contribution is 2.34. The van der Waals surface area contributed by atoms with Crippen LogP contribution in [0.2, 0.25) is 0 Å². The molecule has 8 heteroatoms. The summed E-state index contributed by atoms with van der Waals surface area (Å²) in [7, 11) is 0. The highest BCUT2D eigenvalue weighted by atomic mass is 16.2. The van der Waals surface area contributed by atoms with Crippen molar-refractivity contribution in [2.75, 3.05) is 4.90 Å². The van der Waals surface area contributed by atoms with Crippen LogP contribution in [0.3, 0.4) is 0 Å². The van der Waals surface area contributed by atoms with Crippen molar-refractivity contribution in [1.82, 2.24) is 30.2 Å². The minimum atomic E-state index is -0.244. The first kappa shape index (κ1) is 24.7. The van der Waals surface area contributed by atoms with Crippen LogP contribution in [0.25, 0.3) is 22.5 Å². The van der Waals surface area contributed by atoms with Crippen molar-refractivity contribution in [1.29, 1.82) is 0 Å². The van der Waals surface area contributed by atoms with Gasteiger partial charge in [-0.25, -0.2) is 9.97 Å². The second-order valence-electron chi connectivity index (χ2n) is 10.9. The number of anilines is 1. The summed E-state index contributed by atoms with van der Waals surface area (Å²) in [5.74, 6) is 2.44. The van der Waals surface area contributed by atoms with Gasteiger partial charge in [0.15, 0.2) is 0 Å². The normalized spacial score (nSPS) is 13.8. The number of carbonyl (C=O) groups excluding carboxylic acids is 1. The van der Waals surface area contributed by atoms with Crippen LogP contribution in [0.15, 0.2) is 48.5 Å². The van der Waals surface area contributed by atoms with E-state index in [-0.39, 0.29) is 17.4 Å². The molecule has 0 fully saturated rings. The number of aromatic nitrogens is 6. The Morgan fingerprint density at radius 3 is 2.30 bits per heavy atom. The molecule has 5 rings (SSSR count). The van der Waals surface area contributed by atoms with Gasteiger partial charge in [0.2, 0.25) is 11.7 Å². The van der Waals surface area contributed by atoms with Crippen molar-refractivity contribution in [3.63, 3.8) is 0 Å². The van der Waals surface area contributed by atoms with Gasteiger partial charge in [-0.2, -0.15) is 4.80 Å². The molecule has 2 aromatic carbocycles. The zero-order valence-electron chi connectivity index (χ0n) is 22.4. The lowest BCUT2D eigenvalue weighted by Gasteiger charge is -2.30. The van der Waals surface area contributed by atoms with Crippen LogP contribution in [0.4, 0.5) is 5.82 Å². The molecule has 0 saturated carbocycles. The van der Waals surface area contributed by atoms with E-state index in [4.69, 9.17) is 0 Å². The molecule has 1 amide bonds. The Morgan fingerprint density at radius 2 is 1.65 bits per heavy atom. The maximum absolute atomic E-state index is 13.0. The van der Waals surface area contributed by atoms with Gasteiger partial charge in [0.1, 0.15) is 11.6 Å². The van der Waals surface area contributed by atoms with Gasteiger partial charge in [0.05, 0.1) is 17.8 Å². The smallest absolute Gasteiger partial charge is 0.228 e. The summed E-state index contributed by atoms with van der Waals surface area (Å²) < 4.78 is 0. The Labute approximate surface area is 217 Å². The minimum absolute atomic E-state index is 0.0998. The van der Waals surface area contributed by atoms with E-state index in [0.717, 1.165) is 39.3 Å². The molecule has 2 aromatic heterocycles. The van der Waals surface area contributed by atoms with E-state index in [1.807, 2.05) is 50.8 Å². The lowest BCUT2D eigenvalue weighted by atomic mass is 9.96. The quantitative estimate of drug-likeness (QED) is 0.365. The first-order chi connectivity index (χ1) is 17.6. The molecular weight excluding hydrogens is 462 g/mol. The van der Waals surface area contributed by atoms with Crippen molar-refractivity contribution >= 4 is 11.7 Å². The van der Waals surface area contributed by atoms with Gasteiger partial charge in [0, 0.05) is 17.5 Å². The maximum Gasteiger partial charge on any atom is 0.228 e. The van der Waals surface area contributed by atoms with Gasteiger partial charge in [-0.1, -0.05) is 62.4 Å². The number of benzene rings is 2. The van der Waals surface area contributed by atoms with E-state index >= 15 is 0 Å². The molecule has 0 aliphatic carbocycles. The van der Waals surface area contributed by atoms with Gasteiger partial charge in [-0.05, 0) is 61.9 Å². The molecule has 0 saturated heterocycles. The van der Waals surface area contributed by atoms with Crippen LogP contribution >= 0.6 is 0 Å². The number of rotatable bonds is 5. The molecule has 0 radical (unpaired) electrons. The summed E-state index contributed by atoms with van der Waals surface area (Å²) in [5.41, 5.74) is 5.96. The van der Waals surface area contributed by atoms with E-state index in [1.165, 1.54) is 0 Å². The SMILES string of the molecule is Cc1nc(C(C)C)c2c(n1)N(Cc1ccc(-c3ccccc3-c3nnn(C(C)(C)C)n3)cc1)C(=O)CC2. The van der Waals surface area contributed by atoms with Crippen molar-refractivity contribution in [2.24, 2.45) is 0 Å². The second kappa shape index (κ2) is 9.50.